The van der Waals surface area contributed by atoms with E-state index in [0.29, 0.717) is 0 Å². The van der Waals surface area contributed by atoms with Crippen molar-refractivity contribution < 1.29 is 45.0 Å². The predicted octanol–water partition coefficient (Wildman–Crippen LogP) is 2.65. The second-order valence-electron chi connectivity index (χ2n) is 4.65. The minimum atomic E-state index is -6.27. The van der Waals surface area contributed by atoms with Crippen molar-refractivity contribution >= 4 is 0 Å². The van der Waals surface area contributed by atoms with Gasteiger partial charge in [-0.05, 0) is 12.8 Å². The lowest BCUT2D eigenvalue weighted by Crippen LogP contribution is -2.68. The summed E-state index contributed by atoms with van der Waals surface area (Å²) in [6.07, 6.45) is -17.2. The van der Waals surface area contributed by atoms with Crippen molar-refractivity contribution in [2.24, 2.45) is 5.92 Å². The summed E-state index contributed by atoms with van der Waals surface area (Å²) in [6, 6.07) is 0. The molecule has 0 aromatic carbocycles. The molecule has 2 aliphatic rings. The van der Waals surface area contributed by atoms with Crippen LogP contribution in [0, 0.1) is 5.92 Å². The van der Waals surface area contributed by atoms with Crippen molar-refractivity contribution in [1.29, 1.82) is 0 Å². The van der Waals surface area contributed by atoms with Crippen molar-refractivity contribution in [2.45, 2.75) is 48.9 Å². The summed E-state index contributed by atoms with van der Waals surface area (Å²) >= 11 is 0. The van der Waals surface area contributed by atoms with E-state index in [1.54, 1.807) is 0 Å². The third-order valence-corrected chi connectivity index (χ3v) is 3.58. The first-order valence-electron chi connectivity index (χ1n) is 5.22. The molecule has 1 N–H and O–H groups in total. The Balaban J connectivity index is 2.52. The van der Waals surface area contributed by atoms with Gasteiger partial charge in [0.25, 0.3) is 11.5 Å². The van der Waals surface area contributed by atoms with Crippen molar-refractivity contribution in [3.8, 4) is 0 Å². The molecule has 10 heteroatoms. The average Bonchev–Trinajstić information content (AvgIpc) is 2.70. The Bertz CT molecular complexity index is 359. The fraction of sp³-hybridized carbons (Fsp3) is 1.00. The molecular weight excluding hydrogens is 292 g/mol. The van der Waals surface area contributed by atoms with E-state index in [9.17, 15) is 35.1 Å². The first-order valence-corrected chi connectivity index (χ1v) is 5.22. The van der Waals surface area contributed by atoms with Gasteiger partial charge in [0.1, 0.15) is 6.10 Å². The van der Waals surface area contributed by atoms with Crippen LogP contribution in [0.2, 0.25) is 0 Å². The van der Waals surface area contributed by atoms with Crippen molar-refractivity contribution in [2.75, 3.05) is 0 Å². The van der Waals surface area contributed by atoms with E-state index >= 15 is 0 Å². The maximum atomic E-state index is 13.6. The van der Waals surface area contributed by atoms with Crippen molar-refractivity contribution in [3.05, 3.63) is 0 Å². The summed E-state index contributed by atoms with van der Waals surface area (Å²) in [5, 5.41) is 9.03. The number of halogens is 8. The number of aliphatic hydroxyl groups is 1. The summed E-state index contributed by atoms with van der Waals surface area (Å²) in [5.41, 5.74) is -5.48. The Morgan fingerprint density at radius 1 is 0.947 bits per heavy atom. The number of hydrogen-bond acceptors (Lipinski definition) is 2. The van der Waals surface area contributed by atoms with E-state index in [1.807, 2.05) is 0 Å². The van der Waals surface area contributed by atoms with Gasteiger partial charge in [0.05, 0.1) is 12.0 Å². The second kappa shape index (κ2) is 3.72. The second-order valence-corrected chi connectivity index (χ2v) is 4.65. The van der Waals surface area contributed by atoms with Gasteiger partial charge >= 0.3 is 12.4 Å². The third-order valence-electron chi connectivity index (χ3n) is 3.58. The molecule has 2 aliphatic heterocycles. The van der Waals surface area contributed by atoms with Gasteiger partial charge in [0.2, 0.25) is 0 Å². The Morgan fingerprint density at radius 2 is 1.42 bits per heavy atom. The fourth-order valence-corrected chi connectivity index (χ4v) is 2.70. The van der Waals surface area contributed by atoms with E-state index in [1.165, 1.54) is 0 Å². The van der Waals surface area contributed by atoms with Crippen LogP contribution in [0.3, 0.4) is 0 Å². The molecular formula is C9H8F8O2. The lowest BCUT2D eigenvalue weighted by Gasteiger charge is -2.42. The normalized spacial score (nSPS) is 34.9. The minimum absolute atomic E-state index is 0.333. The predicted molar refractivity (Wildman–Crippen MR) is 43.4 cm³/mol. The van der Waals surface area contributed by atoms with Gasteiger partial charge in [-0.3, -0.25) is 0 Å². The van der Waals surface area contributed by atoms with Gasteiger partial charge in [-0.1, -0.05) is 0 Å². The largest absolute Gasteiger partial charge is 0.426 e. The topological polar surface area (TPSA) is 29.5 Å². The molecule has 3 unspecified atom stereocenters. The Morgan fingerprint density at radius 3 is 1.74 bits per heavy atom. The third kappa shape index (κ3) is 1.75. The van der Waals surface area contributed by atoms with E-state index in [4.69, 9.17) is 5.11 Å². The molecule has 112 valence electrons. The maximum absolute atomic E-state index is 13.6. The van der Waals surface area contributed by atoms with E-state index in [2.05, 4.69) is 4.74 Å². The molecule has 2 fully saturated rings. The zero-order valence-electron chi connectivity index (χ0n) is 9.03. The number of hydrogen-bond donors (Lipinski definition) is 1. The summed E-state index contributed by atoms with van der Waals surface area (Å²) in [5.74, 6) is -7.76. The van der Waals surface area contributed by atoms with Crippen LogP contribution in [0.4, 0.5) is 35.1 Å². The highest BCUT2D eigenvalue weighted by molar-refractivity contribution is 5.14. The minimum Gasteiger partial charge on any atom is -0.373 e. The van der Waals surface area contributed by atoms with Crippen molar-refractivity contribution in [1.82, 2.24) is 0 Å². The molecule has 2 saturated heterocycles. The van der Waals surface area contributed by atoms with Crippen LogP contribution in [0.5, 0.6) is 0 Å². The van der Waals surface area contributed by atoms with Crippen LogP contribution < -0.4 is 0 Å². The summed E-state index contributed by atoms with van der Waals surface area (Å²) in [6.45, 7) is 0. The van der Waals surface area contributed by atoms with Crippen LogP contribution in [-0.4, -0.2) is 41.2 Å². The Kier molecular flexibility index (Phi) is 2.89. The Labute approximate surface area is 101 Å². The molecule has 0 spiro atoms. The van der Waals surface area contributed by atoms with Gasteiger partial charge in [-0.25, -0.2) is 8.78 Å². The fourth-order valence-electron chi connectivity index (χ4n) is 2.70. The first kappa shape index (κ1) is 14.8. The smallest absolute Gasteiger partial charge is 0.373 e. The van der Waals surface area contributed by atoms with E-state index < -0.39 is 42.0 Å². The van der Waals surface area contributed by atoms with E-state index in [-0.39, 0.29) is 12.8 Å². The first-order chi connectivity index (χ1) is 8.33. The molecule has 2 bridgehead atoms. The molecule has 2 nitrogen and oxygen atoms in total. The highest BCUT2D eigenvalue weighted by Gasteiger charge is 2.83. The van der Waals surface area contributed by atoms with Crippen molar-refractivity contribution in [3.63, 3.8) is 0 Å². The van der Waals surface area contributed by atoms with E-state index in [0.717, 1.165) is 0 Å². The van der Waals surface area contributed by atoms with Gasteiger partial charge < -0.3 is 9.84 Å². The molecule has 0 amide bonds. The molecule has 0 saturated carbocycles. The molecule has 19 heavy (non-hydrogen) atoms. The Hall–Kier alpha value is -0.640. The zero-order chi connectivity index (χ0) is 14.9. The number of fused-ring (bicyclic) bond motifs is 2. The summed E-state index contributed by atoms with van der Waals surface area (Å²) in [4.78, 5) is 0. The average molecular weight is 300 g/mol. The molecule has 2 heterocycles. The lowest BCUT2D eigenvalue weighted by atomic mass is 9.73. The maximum Gasteiger partial charge on any atom is 0.426 e. The summed E-state index contributed by atoms with van der Waals surface area (Å²) < 4.78 is 107. The van der Waals surface area contributed by atoms with Crippen LogP contribution >= 0.6 is 0 Å². The van der Waals surface area contributed by atoms with Gasteiger partial charge in [-0.15, -0.1) is 0 Å². The number of alkyl halides is 8. The van der Waals surface area contributed by atoms with Gasteiger partial charge in [0, 0.05) is 0 Å². The molecule has 0 aliphatic carbocycles. The van der Waals surface area contributed by atoms with Gasteiger partial charge in [0.15, 0.2) is 0 Å². The van der Waals surface area contributed by atoms with Crippen LogP contribution in [0.25, 0.3) is 0 Å². The molecule has 3 atom stereocenters. The highest BCUT2D eigenvalue weighted by Crippen LogP contribution is 2.60. The van der Waals surface area contributed by atoms with Crippen LogP contribution in [0.1, 0.15) is 12.8 Å². The van der Waals surface area contributed by atoms with Gasteiger partial charge in [-0.2, -0.15) is 26.3 Å². The lowest BCUT2D eigenvalue weighted by molar-refractivity contribution is -0.401. The SMILES string of the molecule is OC(C1C2CCC(O2)C1(F)F)(C(F)(F)F)C(F)(F)F. The zero-order valence-corrected chi connectivity index (χ0v) is 9.03. The molecule has 0 aromatic rings. The molecule has 0 aromatic heterocycles. The van der Waals surface area contributed by atoms with Crippen LogP contribution in [-0.2, 0) is 4.74 Å². The highest BCUT2D eigenvalue weighted by atomic mass is 19.4. The monoisotopic (exact) mass is 300 g/mol. The van der Waals surface area contributed by atoms with Crippen LogP contribution in [0.15, 0.2) is 0 Å². The molecule has 0 radical (unpaired) electrons. The number of rotatable bonds is 1. The standard InChI is InChI=1S/C9H8F8O2/c10-6(11)4-2-1-3(19-4)5(6)7(18,8(12,13)14)9(15,16)17/h3-5,18H,1-2H2. The summed E-state index contributed by atoms with van der Waals surface area (Å²) in [7, 11) is 0. The quantitative estimate of drug-likeness (QED) is 0.754. The number of ether oxygens (including phenoxy) is 1. The molecule has 2 rings (SSSR count).